The van der Waals surface area contributed by atoms with Crippen LogP contribution < -0.4 is 4.90 Å². The standard InChI is InChI=1S/C27H25NO2S/c1-3-4-8-20-13-17-22(18-14-20)28-26(29)24(21-15-11-19(2)12-16-21)25(27(28)30)31-23-9-6-5-7-10-23/h5-7,9-18H,3-4,8H2,1-2H3. The average molecular weight is 428 g/mol. The van der Waals surface area contributed by atoms with Gasteiger partial charge in [-0.2, -0.15) is 0 Å². The molecular formula is C27H25NO2S. The number of rotatable bonds is 7. The second-order valence-corrected chi connectivity index (χ2v) is 8.78. The van der Waals surface area contributed by atoms with Crippen molar-refractivity contribution in [3.63, 3.8) is 0 Å². The molecule has 0 atom stereocenters. The molecule has 3 nitrogen and oxygen atoms in total. The third-order valence-corrected chi connectivity index (χ3v) is 6.45. The lowest BCUT2D eigenvalue weighted by molar-refractivity contribution is -0.119. The lowest BCUT2D eigenvalue weighted by atomic mass is 10.0. The maximum Gasteiger partial charge on any atom is 0.272 e. The highest BCUT2D eigenvalue weighted by molar-refractivity contribution is 8.04. The molecule has 4 heteroatoms. The van der Waals surface area contributed by atoms with Gasteiger partial charge in [-0.15, -0.1) is 0 Å². The fourth-order valence-corrected chi connectivity index (χ4v) is 4.63. The fourth-order valence-electron chi connectivity index (χ4n) is 3.61. The van der Waals surface area contributed by atoms with Crippen molar-refractivity contribution in [1.82, 2.24) is 0 Å². The highest BCUT2D eigenvalue weighted by Crippen LogP contribution is 2.41. The van der Waals surface area contributed by atoms with Gasteiger partial charge in [0.05, 0.1) is 16.2 Å². The van der Waals surface area contributed by atoms with Crippen molar-refractivity contribution in [2.75, 3.05) is 4.90 Å². The van der Waals surface area contributed by atoms with Gasteiger partial charge in [-0.25, -0.2) is 4.90 Å². The molecule has 0 aromatic heterocycles. The van der Waals surface area contributed by atoms with Crippen LogP contribution in [0.1, 0.15) is 36.5 Å². The van der Waals surface area contributed by atoms with Gasteiger partial charge in [-0.3, -0.25) is 9.59 Å². The van der Waals surface area contributed by atoms with E-state index in [1.807, 2.05) is 85.8 Å². The van der Waals surface area contributed by atoms with Gasteiger partial charge in [-0.05, 0) is 55.2 Å². The lowest BCUT2D eigenvalue weighted by Crippen LogP contribution is -2.31. The minimum Gasteiger partial charge on any atom is -0.268 e. The molecule has 3 aromatic carbocycles. The van der Waals surface area contributed by atoms with E-state index < -0.39 is 0 Å². The molecule has 1 heterocycles. The van der Waals surface area contributed by atoms with E-state index >= 15 is 0 Å². The quantitative estimate of drug-likeness (QED) is 0.409. The Bertz CT molecular complexity index is 1120. The summed E-state index contributed by atoms with van der Waals surface area (Å²) in [5.74, 6) is -0.538. The Hall–Kier alpha value is -3.11. The minimum absolute atomic E-state index is 0.268. The van der Waals surface area contributed by atoms with E-state index in [0.29, 0.717) is 16.2 Å². The van der Waals surface area contributed by atoms with Crippen molar-refractivity contribution >= 4 is 34.8 Å². The Morgan fingerprint density at radius 2 is 1.48 bits per heavy atom. The first kappa shape index (κ1) is 21.1. The summed E-state index contributed by atoms with van der Waals surface area (Å²) in [6.07, 6.45) is 3.26. The first-order valence-electron chi connectivity index (χ1n) is 10.6. The summed E-state index contributed by atoms with van der Waals surface area (Å²) in [4.78, 5) is 29.7. The van der Waals surface area contributed by atoms with Gasteiger partial charge in [0.15, 0.2) is 0 Å². The number of nitrogens with zero attached hydrogens (tertiary/aromatic N) is 1. The Morgan fingerprint density at radius 3 is 2.13 bits per heavy atom. The zero-order valence-electron chi connectivity index (χ0n) is 17.8. The number of anilines is 1. The van der Waals surface area contributed by atoms with Crippen molar-refractivity contribution in [1.29, 1.82) is 0 Å². The number of amides is 2. The Balaban J connectivity index is 1.72. The van der Waals surface area contributed by atoms with Crippen LogP contribution in [-0.4, -0.2) is 11.8 Å². The van der Waals surface area contributed by atoms with E-state index in [-0.39, 0.29) is 11.8 Å². The van der Waals surface area contributed by atoms with E-state index in [2.05, 4.69) is 6.92 Å². The molecule has 3 aromatic rings. The molecule has 0 spiro atoms. The summed E-state index contributed by atoms with van der Waals surface area (Å²) in [6.45, 7) is 4.17. The number of thioether (sulfide) groups is 1. The van der Waals surface area contributed by atoms with Crippen LogP contribution in [0.5, 0.6) is 0 Å². The first-order chi connectivity index (χ1) is 15.1. The molecule has 156 valence electrons. The molecule has 0 saturated carbocycles. The molecule has 0 bridgehead atoms. The molecular weight excluding hydrogens is 402 g/mol. The highest BCUT2D eigenvalue weighted by atomic mass is 32.2. The van der Waals surface area contributed by atoms with Crippen LogP contribution in [0.15, 0.2) is 88.7 Å². The smallest absolute Gasteiger partial charge is 0.268 e. The fraction of sp³-hybridized carbons (Fsp3) is 0.185. The maximum atomic E-state index is 13.5. The van der Waals surface area contributed by atoms with Crippen LogP contribution in [0, 0.1) is 6.92 Å². The summed E-state index contributed by atoms with van der Waals surface area (Å²) >= 11 is 1.35. The molecule has 2 amide bonds. The van der Waals surface area contributed by atoms with Crippen LogP contribution in [0.2, 0.25) is 0 Å². The van der Waals surface area contributed by atoms with Crippen LogP contribution in [0.4, 0.5) is 5.69 Å². The Morgan fingerprint density at radius 1 is 0.806 bits per heavy atom. The average Bonchev–Trinajstić information content (AvgIpc) is 3.03. The molecule has 31 heavy (non-hydrogen) atoms. The third-order valence-electron chi connectivity index (χ3n) is 5.36. The van der Waals surface area contributed by atoms with Crippen molar-refractivity contribution in [2.24, 2.45) is 0 Å². The summed E-state index contributed by atoms with van der Waals surface area (Å²) in [5.41, 5.74) is 4.18. The SMILES string of the molecule is CCCCc1ccc(N2C(=O)C(Sc3ccccc3)=C(c3ccc(C)cc3)C2=O)cc1. The van der Waals surface area contributed by atoms with Crippen LogP contribution in [0.25, 0.3) is 5.57 Å². The van der Waals surface area contributed by atoms with Crippen LogP contribution in [0.3, 0.4) is 0 Å². The van der Waals surface area contributed by atoms with Gasteiger partial charge >= 0.3 is 0 Å². The van der Waals surface area contributed by atoms with E-state index in [9.17, 15) is 9.59 Å². The maximum absolute atomic E-state index is 13.5. The molecule has 1 aliphatic rings. The zero-order chi connectivity index (χ0) is 21.8. The Kier molecular flexibility index (Phi) is 6.38. The van der Waals surface area contributed by atoms with Crippen molar-refractivity contribution in [3.05, 3.63) is 100 Å². The summed E-state index contributed by atoms with van der Waals surface area (Å²) in [6, 6.07) is 25.3. The van der Waals surface area contributed by atoms with Gasteiger partial charge < -0.3 is 0 Å². The summed E-state index contributed by atoms with van der Waals surface area (Å²) < 4.78 is 0. The largest absolute Gasteiger partial charge is 0.272 e. The van der Waals surface area contributed by atoms with E-state index in [0.717, 1.165) is 35.3 Å². The van der Waals surface area contributed by atoms with Crippen molar-refractivity contribution in [3.8, 4) is 0 Å². The summed E-state index contributed by atoms with van der Waals surface area (Å²) in [5, 5.41) is 0. The summed E-state index contributed by atoms with van der Waals surface area (Å²) in [7, 11) is 0. The van der Waals surface area contributed by atoms with Gasteiger partial charge in [0, 0.05) is 4.90 Å². The number of hydrogen-bond donors (Lipinski definition) is 0. The molecule has 4 rings (SSSR count). The predicted octanol–water partition coefficient (Wildman–Crippen LogP) is 6.41. The first-order valence-corrected chi connectivity index (χ1v) is 11.4. The number of carbonyl (C=O) groups excluding carboxylic acids is 2. The Labute approximate surface area is 187 Å². The lowest BCUT2D eigenvalue weighted by Gasteiger charge is -2.16. The van der Waals surface area contributed by atoms with E-state index in [1.165, 1.54) is 22.2 Å². The normalized spacial score (nSPS) is 13.9. The van der Waals surface area contributed by atoms with E-state index in [4.69, 9.17) is 0 Å². The van der Waals surface area contributed by atoms with Crippen molar-refractivity contribution < 1.29 is 9.59 Å². The third kappa shape index (κ3) is 4.49. The van der Waals surface area contributed by atoms with Crippen LogP contribution >= 0.6 is 11.8 Å². The van der Waals surface area contributed by atoms with Gasteiger partial charge in [-0.1, -0.05) is 85.3 Å². The number of unbranched alkanes of at least 4 members (excludes halogenated alkanes) is 1. The monoisotopic (exact) mass is 427 g/mol. The topological polar surface area (TPSA) is 37.4 Å². The van der Waals surface area contributed by atoms with Gasteiger partial charge in [0.1, 0.15) is 0 Å². The molecule has 0 radical (unpaired) electrons. The van der Waals surface area contributed by atoms with Crippen molar-refractivity contribution in [2.45, 2.75) is 38.0 Å². The number of imide groups is 1. The number of hydrogen-bond acceptors (Lipinski definition) is 3. The predicted molar refractivity (Wildman–Crippen MR) is 128 cm³/mol. The number of benzene rings is 3. The minimum atomic E-state index is -0.270. The van der Waals surface area contributed by atoms with Gasteiger partial charge in [0.25, 0.3) is 11.8 Å². The molecule has 0 N–H and O–H groups in total. The van der Waals surface area contributed by atoms with Gasteiger partial charge in [0.2, 0.25) is 0 Å². The molecule has 1 aliphatic heterocycles. The zero-order valence-corrected chi connectivity index (χ0v) is 18.6. The van der Waals surface area contributed by atoms with Crippen LogP contribution in [-0.2, 0) is 16.0 Å². The molecule has 0 aliphatic carbocycles. The molecule has 0 saturated heterocycles. The second kappa shape index (κ2) is 9.36. The highest BCUT2D eigenvalue weighted by Gasteiger charge is 2.40. The number of aryl methyl sites for hydroxylation is 2. The second-order valence-electron chi connectivity index (χ2n) is 7.70. The molecule has 0 unspecified atom stereocenters. The van der Waals surface area contributed by atoms with E-state index in [1.54, 1.807) is 0 Å². The number of carbonyl (C=O) groups is 2. The molecule has 0 fully saturated rings.